The molecule has 0 amide bonds. The number of esters is 1. The summed E-state index contributed by atoms with van der Waals surface area (Å²) in [6, 6.07) is 11.6. The van der Waals surface area contributed by atoms with E-state index < -0.39 is 0 Å². The van der Waals surface area contributed by atoms with Crippen molar-refractivity contribution in [1.29, 1.82) is 0 Å². The van der Waals surface area contributed by atoms with Gasteiger partial charge in [0.2, 0.25) is 5.88 Å². The molecule has 6 nitrogen and oxygen atoms in total. The monoisotopic (exact) mass is 479 g/mol. The Bertz CT molecular complexity index is 1130. The van der Waals surface area contributed by atoms with Gasteiger partial charge in [-0.05, 0) is 42.9 Å². The SMILES string of the molecule is CCCCc1ccc(-c2cc3cnc(OCCCCCCCOC(=O)C(C)C)cc3oc2=O)cc1. The second-order valence-electron chi connectivity index (χ2n) is 9.25. The molecular weight excluding hydrogens is 442 g/mol. The van der Waals surface area contributed by atoms with Gasteiger partial charge in [-0.3, -0.25) is 4.79 Å². The molecule has 0 aliphatic carbocycles. The smallest absolute Gasteiger partial charge is 0.344 e. The summed E-state index contributed by atoms with van der Waals surface area (Å²) in [5, 5.41) is 0.764. The number of carbonyl (C=O) groups is 1. The van der Waals surface area contributed by atoms with Crippen molar-refractivity contribution in [2.24, 2.45) is 5.92 Å². The van der Waals surface area contributed by atoms with Gasteiger partial charge in [-0.2, -0.15) is 0 Å². The fourth-order valence-electron chi connectivity index (χ4n) is 3.76. The molecule has 2 aromatic heterocycles. The van der Waals surface area contributed by atoms with Crippen molar-refractivity contribution in [1.82, 2.24) is 4.98 Å². The maximum absolute atomic E-state index is 12.6. The highest BCUT2D eigenvalue weighted by Gasteiger charge is 2.10. The molecule has 0 saturated carbocycles. The van der Waals surface area contributed by atoms with E-state index in [-0.39, 0.29) is 17.5 Å². The average molecular weight is 480 g/mol. The quantitative estimate of drug-likeness (QED) is 0.188. The fraction of sp³-hybridized carbons (Fsp3) is 0.483. The summed E-state index contributed by atoms with van der Waals surface area (Å²) in [5.41, 5.74) is 2.76. The van der Waals surface area contributed by atoms with Crippen LogP contribution in [0.4, 0.5) is 0 Å². The number of unbranched alkanes of at least 4 members (excludes halogenated alkanes) is 5. The largest absolute Gasteiger partial charge is 0.478 e. The number of pyridine rings is 1. The lowest BCUT2D eigenvalue weighted by Gasteiger charge is -2.08. The minimum atomic E-state index is -0.366. The lowest BCUT2D eigenvalue weighted by atomic mass is 10.0. The number of ether oxygens (including phenoxy) is 2. The summed E-state index contributed by atoms with van der Waals surface area (Å²) >= 11 is 0. The van der Waals surface area contributed by atoms with E-state index in [1.165, 1.54) is 5.56 Å². The molecule has 0 aliphatic heterocycles. The number of aryl methyl sites for hydroxylation is 1. The predicted octanol–water partition coefficient (Wildman–Crippen LogP) is 6.73. The van der Waals surface area contributed by atoms with Crippen LogP contribution in [0.2, 0.25) is 0 Å². The zero-order valence-corrected chi connectivity index (χ0v) is 21.2. The van der Waals surface area contributed by atoms with Crippen molar-refractivity contribution in [3.05, 3.63) is 58.6 Å². The van der Waals surface area contributed by atoms with Gasteiger partial charge in [0.1, 0.15) is 5.58 Å². The molecule has 2 heterocycles. The minimum absolute atomic E-state index is 0.0709. The van der Waals surface area contributed by atoms with Crippen LogP contribution in [0.3, 0.4) is 0 Å². The fourth-order valence-corrected chi connectivity index (χ4v) is 3.76. The first-order valence-corrected chi connectivity index (χ1v) is 12.8. The number of rotatable bonds is 14. The molecule has 6 heteroatoms. The number of nitrogens with zero attached hydrogens (tertiary/aromatic N) is 1. The molecule has 0 radical (unpaired) electrons. The van der Waals surface area contributed by atoms with Crippen LogP contribution in [0.25, 0.3) is 22.1 Å². The zero-order chi connectivity index (χ0) is 25.0. The van der Waals surface area contributed by atoms with E-state index in [0.29, 0.717) is 30.2 Å². The Balaban J connectivity index is 1.46. The first-order chi connectivity index (χ1) is 17.0. The highest BCUT2D eigenvalue weighted by molar-refractivity contribution is 5.81. The Labute approximate surface area is 207 Å². The summed E-state index contributed by atoms with van der Waals surface area (Å²) in [4.78, 5) is 28.4. The van der Waals surface area contributed by atoms with Crippen molar-refractivity contribution in [3.8, 4) is 17.0 Å². The molecular formula is C29H37NO5. The van der Waals surface area contributed by atoms with Crippen LogP contribution < -0.4 is 10.4 Å². The Morgan fingerprint density at radius 2 is 1.69 bits per heavy atom. The van der Waals surface area contributed by atoms with Gasteiger partial charge >= 0.3 is 11.6 Å². The number of hydrogen-bond donors (Lipinski definition) is 0. The van der Waals surface area contributed by atoms with E-state index in [9.17, 15) is 9.59 Å². The molecule has 1 aromatic carbocycles. The number of aromatic nitrogens is 1. The molecule has 35 heavy (non-hydrogen) atoms. The predicted molar refractivity (Wildman–Crippen MR) is 139 cm³/mol. The minimum Gasteiger partial charge on any atom is -0.478 e. The molecule has 3 rings (SSSR count). The summed E-state index contributed by atoms with van der Waals surface area (Å²) in [6.07, 6.45) is 9.95. The molecule has 0 aliphatic rings. The van der Waals surface area contributed by atoms with Crippen LogP contribution in [-0.2, 0) is 16.0 Å². The van der Waals surface area contributed by atoms with Crippen molar-refractivity contribution in [2.45, 2.75) is 72.1 Å². The highest BCUT2D eigenvalue weighted by Crippen LogP contribution is 2.23. The van der Waals surface area contributed by atoms with Gasteiger partial charge in [0, 0.05) is 17.6 Å². The highest BCUT2D eigenvalue weighted by atomic mass is 16.5. The van der Waals surface area contributed by atoms with Gasteiger partial charge in [-0.25, -0.2) is 9.78 Å². The molecule has 0 spiro atoms. The van der Waals surface area contributed by atoms with Crippen LogP contribution in [0.1, 0.15) is 71.3 Å². The summed E-state index contributed by atoms with van der Waals surface area (Å²) in [5.74, 6) is 0.248. The summed E-state index contributed by atoms with van der Waals surface area (Å²) in [6.45, 7) is 6.90. The molecule has 0 N–H and O–H groups in total. The standard InChI is InChI=1S/C29H37NO5/c1-4-5-11-22-12-14-23(15-13-22)25-18-24-20-30-27(19-26(24)35-29(25)32)33-16-9-7-6-8-10-17-34-28(31)21(2)3/h12-15,18-21H,4-11,16-17H2,1-3H3. The van der Waals surface area contributed by atoms with Gasteiger partial charge in [0.15, 0.2) is 0 Å². The lowest BCUT2D eigenvalue weighted by molar-refractivity contribution is -0.147. The Morgan fingerprint density at radius 3 is 2.40 bits per heavy atom. The number of carbonyl (C=O) groups excluding carboxylic acids is 1. The molecule has 0 fully saturated rings. The molecule has 3 aromatic rings. The van der Waals surface area contributed by atoms with Crippen LogP contribution in [-0.4, -0.2) is 24.2 Å². The first kappa shape index (κ1) is 26.5. The lowest BCUT2D eigenvalue weighted by Crippen LogP contribution is -2.12. The van der Waals surface area contributed by atoms with E-state index in [2.05, 4.69) is 24.0 Å². The van der Waals surface area contributed by atoms with Gasteiger partial charge in [-0.1, -0.05) is 70.7 Å². The van der Waals surface area contributed by atoms with Crippen molar-refractivity contribution >= 4 is 16.9 Å². The third kappa shape index (κ3) is 8.23. The van der Waals surface area contributed by atoms with Gasteiger partial charge < -0.3 is 13.9 Å². The van der Waals surface area contributed by atoms with E-state index in [1.54, 1.807) is 12.3 Å². The van der Waals surface area contributed by atoms with Crippen LogP contribution in [0.5, 0.6) is 5.88 Å². The van der Waals surface area contributed by atoms with Crippen LogP contribution >= 0.6 is 0 Å². The molecule has 188 valence electrons. The average Bonchev–Trinajstić information content (AvgIpc) is 2.86. The number of hydrogen-bond acceptors (Lipinski definition) is 6. The van der Waals surface area contributed by atoms with Crippen molar-refractivity contribution in [3.63, 3.8) is 0 Å². The van der Waals surface area contributed by atoms with Crippen molar-refractivity contribution < 1.29 is 18.7 Å². The Hall–Kier alpha value is -3.15. The van der Waals surface area contributed by atoms with E-state index in [1.807, 2.05) is 32.0 Å². The third-order valence-corrected chi connectivity index (χ3v) is 5.93. The molecule has 0 atom stereocenters. The van der Waals surface area contributed by atoms with Crippen molar-refractivity contribution in [2.75, 3.05) is 13.2 Å². The Morgan fingerprint density at radius 1 is 0.971 bits per heavy atom. The van der Waals surface area contributed by atoms with Gasteiger partial charge in [-0.15, -0.1) is 0 Å². The van der Waals surface area contributed by atoms with Crippen LogP contribution in [0.15, 0.2) is 51.8 Å². The number of fused-ring (bicyclic) bond motifs is 1. The topological polar surface area (TPSA) is 78.6 Å². The third-order valence-electron chi connectivity index (χ3n) is 5.93. The summed E-state index contributed by atoms with van der Waals surface area (Å²) < 4.78 is 16.5. The number of benzene rings is 1. The van der Waals surface area contributed by atoms with Gasteiger partial charge in [0.05, 0.1) is 24.7 Å². The van der Waals surface area contributed by atoms with E-state index in [4.69, 9.17) is 13.9 Å². The van der Waals surface area contributed by atoms with E-state index in [0.717, 1.165) is 62.3 Å². The molecule has 0 unspecified atom stereocenters. The maximum atomic E-state index is 12.6. The summed E-state index contributed by atoms with van der Waals surface area (Å²) in [7, 11) is 0. The maximum Gasteiger partial charge on any atom is 0.344 e. The Kier molecular flexibility index (Phi) is 10.3. The molecule has 0 saturated heterocycles. The van der Waals surface area contributed by atoms with Gasteiger partial charge in [0.25, 0.3) is 0 Å². The van der Waals surface area contributed by atoms with E-state index >= 15 is 0 Å². The second-order valence-corrected chi connectivity index (χ2v) is 9.25. The van der Waals surface area contributed by atoms with Crippen LogP contribution in [0, 0.1) is 5.92 Å². The first-order valence-electron chi connectivity index (χ1n) is 12.8. The molecule has 0 bridgehead atoms. The normalized spacial score (nSPS) is 11.2. The second kappa shape index (κ2) is 13.7. The zero-order valence-electron chi connectivity index (χ0n) is 21.2.